The lowest BCUT2D eigenvalue weighted by Gasteiger charge is -2.31. The first-order valence-electron chi connectivity index (χ1n) is 6.91. The minimum atomic E-state index is 0.791. The molecule has 0 unspecified atom stereocenters. The third-order valence-electron chi connectivity index (χ3n) is 4.80. The van der Waals surface area contributed by atoms with Gasteiger partial charge in [-0.1, -0.05) is 12.2 Å². The summed E-state index contributed by atoms with van der Waals surface area (Å²) in [7, 11) is 2.23. The van der Waals surface area contributed by atoms with Crippen LogP contribution in [0.3, 0.4) is 0 Å². The van der Waals surface area contributed by atoms with Crippen molar-refractivity contribution in [3.63, 3.8) is 0 Å². The maximum atomic E-state index is 3.81. The fraction of sp³-hybridized carbons (Fsp3) is 0.857. The zero-order valence-corrected chi connectivity index (χ0v) is 10.4. The van der Waals surface area contributed by atoms with Crippen molar-refractivity contribution in [3.8, 4) is 0 Å². The van der Waals surface area contributed by atoms with E-state index in [9.17, 15) is 0 Å². The predicted molar refractivity (Wildman–Crippen MR) is 67.4 cm³/mol. The van der Waals surface area contributed by atoms with Gasteiger partial charge in [0.2, 0.25) is 0 Å². The number of nitrogens with one attached hydrogen (secondary N) is 1. The molecule has 2 aliphatic carbocycles. The molecular weight excluding hydrogens is 196 g/mol. The number of allylic oxidation sites excluding steroid dienone is 2. The van der Waals surface area contributed by atoms with Gasteiger partial charge in [-0.05, 0) is 70.1 Å². The molecule has 1 N–H and O–H groups in total. The van der Waals surface area contributed by atoms with Crippen LogP contribution in [-0.2, 0) is 0 Å². The molecule has 0 aromatic rings. The molecule has 1 saturated carbocycles. The highest BCUT2D eigenvalue weighted by Crippen LogP contribution is 2.43. The Labute approximate surface area is 99.1 Å². The van der Waals surface area contributed by atoms with Gasteiger partial charge in [0.05, 0.1) is 0 Å². The molecule has 2 bridgehead atoms. The van der Waals surface area contributed by atoms with Gasteiger partial charge < -0.3 is 10.2 Å². The van der Waals surface area contributed by atoms with Crippen molar-refractivity contribution in [1.82, 2.24) is 10.2 Å². The van der Waals surface area contributed by atoms with Gasteiger partial charge in [-0.3, -0.25) is 0 Å². The van der Waals surface area contributed by atoms with E-state index in [-0.39, 0.29) is 0 Å². The number of hydrogen-bond acceptors (Lipinski definition) is 2. The Morgan fingerprint density at radius 1 is 1.19 bits per heavy atom. The van der Waals surface area contributed by atoms with Crippen molar-refractivity contribution in [2.45, 2.75) is 31.7 Å². The maximum Gasteiger partial charge on any atom is 0.00915 e. The second-order valence-electron chi connectivity index (χ2n) is 6.03. The van der Waals surface area contributed by atoms with E-state index < -0.39 is 0 Å². The van der Waals surface area contributed by atoms with Gasteiger partial charge in [0, 0.05) is 6.04 Å². The van der Waals surface area contributed by atoms with Crippen LogP contribution in [-0.4, -0.2) is 37.6 Å². The molecule has 90 valence electrons. The van der Waals surface area contributed by atoms with Crippen molar-refractivity contribution < 1.29 is 0 Å². The summed E-state index contributed by atoms with van der Waals surface area (Å²) in [5, 5.41) is 3.81. The highest BCUT2D eigenvalue weighted by Gasteiger charge is 2.35. The molecule has 2 nitrogen and oxygen atoms in total. The van der Waals surface area contributed by atoms with Gasteiger partial charge >= 0.3 is 0 Å². The molecule has 1 aliphatic heterocycles. The lowest BCUT2D eigenvalue weighted by molar-refractivity contribution is 0.227. The molecule has 2 heteroatoms. The fourth-order valence-corrected chi connectivity index (χ4v) is 3.66. The normalized spacial score (nSPS) is 39.7. The van der Waals surface area contributed by atoms with E-state index >= 15 is 0 Å². The van der Waals surface area contributed by atoms with E-state index in [2.05, 4.69) is 29.4 Å². The highest BCUT2D eigenvalue weighted by molar-refractivity contribution is 5.10. The van der Waals surface area contributed by atoms with E-state index in [0.717, 1.165) is 23.8 Å². The van der Waals surface area contributed by atoms with Gasteiger partial charge in [0.25, 0.3) is 0 Å². The Morgan fingerprint density at radius 2 is 2.00 bits per heavy atom. The Bertz CT molecular complexity index is 266. The Hall–Kier alpha value is -0.340. The first-order valence-corrected chi connectivity index (χ1v) is 6.91. The zero-order valence-electron chi connectivity index (χ0n) is 10.4. The van der Waals surface area contributed by atoms with Crippen LogP contribution in [0.25, 0.3) is 0 Å². The van der Waals surface area contributed by atoms with Crippen molar-refractivity contribution in [2.75, 3.05) is 26.7 Å². The summed E-state index contributed by atoms with van der Waals surface area (Å²) in [5.41, 5.74) is 0. The van der Waals surface area contributed by atoms with Crippen LogP contribution in [0.15, 0.2) is 12.2 Å². The number of piperidine rings is 1. The van der Waals surface area contributed by atoms with Crippen LogP contribution < -0.4 is 5.32 Å². The number of rotatable bonds is 3. The Morgan fingerprint density at radius 3 is 2.62 bits per heavy atom. The van der Waals surface area contributed by atoms with E-state index in [1.54, 1.807) is 0 Å². The van der Waals surface area contributed by atoms with Crippen LogP contribution in [0.4, 0.5) is 0 Å². The van der Waals surface area contributed by atoms with Gasteiger partial charge in [-0.15, -0.1) is 0 Å². The van der Waals surface area contributed by atoms with Gasteiger partial charge in [-0.25, -0.2) is 0 Å². The topological polar surface area (TPSA) is 15.3 Å². The summed E-state index contributed by atoms with van der Waals surface area (Å²) in [4.78, 5) is 2.44. The monoisotopic (exact) mass is 220 g/mol. The number of nitrogens with zero attached hydrogens (tertiary/aromatic N) is 1. The molecule has 16 heavy (non-hydrogen) atoms. The lowest BCUT2D eigenvalue weighted by Crippen LogP contribution is -2.42. The van der Waals surface area contributed by atoms with E-state index in [1.165, 1.54) is 45.3 Å². The summed E-state index contributed by atoms with van der Waals surface area (Å²) >= 11 is 0. The predicted octanol–water partition coefficient (Wildman–Crippen LogP) is 1.88. The minimum absolute atomic E-state index is 0.791. The van der Waals surface area contributed by atoms with Crippen LogP contribution in [0.5, 0.6) is 0 Å². The van der Waals surface area contributed by atoms with Crippen LogP contribution in [0.2, 0.25) is 0 Å². The SMILES string of the molecule is CN1CCC(NC[C@@H]2C[C@H]3C=C[C@H]2C3)CC1. The third kappa shape index (κ3) is 2.18. The molecule has 3 rings (SSSR count). The van der Waals surface area contributed by atoms with Gasteiger partial charge in [-0.2, -0.15) is 0 Å². The summed E-state index contributed by atoms with van der Waals surface area (Å²) in [6.45, 7) is 3.81. The molecule has 0 amide bonds. The highest BCUT2D eigenvalue weighted by atomic mass is 15.1. The van der Waals surface area contributed by atoms with Crippen LogP contribution in [0, 0.1) is 17.8 Å². The van der Waals surface area contributed by atoms with Gasteiger partial charge in [0.15, 0.2) is 0 Å². The smallest absolute Gasteiger partial charge is 0.00915 e. The molecule has 3 atom stereocenters. The number of hydrogen-bond donors (Lipinski definition) is 1. The summed E-state index contributed by atoms with van der Waals surface area (Å²) in [6, 6.07) is 0.791. The fourth-order valence-electron chi connectivity index (χ4n) is 3.66. The molecule has 0 aromatic carbocycles. The zero-order chi connectivity index (χ0) is 11.0. The Kier molecular flexibility index (Phi) is 3.03. The number of fused-ring (bicyclic) bond motifs is 2. The molecular formula is C14H24N2. The average Bonchev–Trinajstić information content (AvgIpc) is 2.90. The van der Waals surface area contributed by atoms with Crippen molar-refractivity contribution in [1.29, 1.82) is 0 Å². The lowest BCUT2D eigenvalue weighted by atomic mass is 9.93. The molecule has 0 aromatic heterocycles. The summed E-state index contributed by atoms with van der Waals surface area (Å²) in [6.07, 6.45) is 10.5. The molecule has 0 radical (unpaired) electrons. The largest absolute Gasteiger partial charge is 0.314 e. The van der Waals surface area contributed by atoms with Crippen molar-refractivity contribution in [2.24, 2.45) is 17.8 Å². The van der Waals surface area contributed by atoms with Crippen molar-refractivity contribution in [3.05, 3.63) is 12.2 Å². The average molecular weight is 220 g/mol. The number of likely N-dealkylation sites (tertiary alicyclic amines) is 1. The minimum Gasteiger partial charge on any atom is -0.314 e. The maximum absolute atomic E-state index is 3.81. The first-order chi connectivity index (χ1) is 7.81. The Balaban J connectivity index is 1.42. The van der Waals surface area contributed by atoms with Gasteiger partial charge in [0.1, 0.15) is 0 Å². The molecule has 0 spiro atoms. The quantitative estimate of drug-likeness (QED) is 0.731. The van der Waals surface area contributed by atoms with E-state index in [0.29, 0.717) is 0 Å². The third-order valence-corrected chi connectivity index (χ3v) is 4.80. The standard InChI is InChI=1S/C14H24N2/c1-16-6-4-14(5-7-16)15-10-13-9-11-2-3-12(13)8-11/h2-3,11-15H,4-10H2,1H3/t11-,12-,13-/m0/s1. The molecule has 1 saturated heterocycles. The van der Waals surface area contributed by atoms with Crippen LogP contribution in [0.1, 0.15) is 25.7 Å². The van der Waals surface area contributed by atoms with Crippen LogP contribution >= 0.6 is 0 Å². The second-order valence-corrected chi connectivity index (χ2v) is 6.03. The first kappa shape index (κ1) is 10.8. The molecule has 3 aliphatic rings. The van der Waals surface area contributed by atoms with E-state index in [4.69, 9.17) is 0 Å². The second kappa shape index (κ2) is 4.50. The molecule has 2 fully saturated rings. The molecule has 1 heterocycles. The summed E-state index contributed by atoms with van der Waals surface area (Å²) < 4.78 is 0. The van der Waals surface area contributed by atoms with Crippen molar-refractivity contribution >= 4 is 0 Å². The summed E-state index contributed by atoms with van der Waals surface area (Å²) in [5.74, 6) is 2.77. The van der Waals surface area contributed by atoms with E-state index in [1.807, 2.05) is 0 Å².